The van der Waals surface area contributed by atoms with E-state index in [0.29, 0.717) is 13.1 Å². The maximum Gasteiger partial charge on any atom is 0.244 e. The molecule has 2 rings (SSSR count). The minimum Gasteiger partial charge on any atom is -0.395 e. The van der Waals surface area contributed by atoms with Gasteiger partial charge in [-0.05, 0) is 0 Å². The zero-order valence-electron chi connectivity index (χ0n) is 9.31. The number of hydrogen-bond donors (Lipinski definition) is 2. The van der Waals surface area contributed by atoms with Crippen molar-refractivity contribution < 1.29 is 9.90 Å². The maximum absolute atomic E-state index is 11.8. The van der Waals surface area contributed by atoms with Crippen molar-refractivity contribution >= 4 is 11.7 Å². The number of nitrogens with zero attached hydrogens (tertiary/aromatic N) is 3. The number of amides is 1. The average molecular weight is 224 g/mol. The first kappa shape index (κ1) is 10.9. The average Bonchev–Trinajstić information content (AvgIpc) is 2.60. The number of hydrogen-bond acceptors (Lipinski definition) is 4. The second-order valence-electron chi connectivity index (χ2n) is 3.78. The number of aliphatic hydroxyl groups excluding tert-OH is 1. The standard InChI is InChI=1S/C10H16N4O2/c1-11-9-6-8-2-3-13(4-5-15)10(16)7-14(8)12-9/h6,15H,2-5,7H2,1H3,(H,11,12). The Balaban J connectivity index is 2.16. The molecule has 0 fully saturated rings. The van der Waals surface area contributed by atoms with E-state index in [0.717, 1.165) is 17.9 Å². The molecule has 0 radical (unpaired) electrons. The first-order valence-electron chi connectivity index (χ1n) is 5.37. The molecule has 0 unspecified atom stereocenters. The van der Waals surface area contributed by atoms with Gasteiger partial charge in [-0.25, -0.2) is 0 Å². The SMILES string of the molecule is CNc1cc2n(n1)CC(=O)N(CCO)CC2. The quantitative estimate of drug-likeness (QED) is 0.712. The van der Waals surface area contributed by atoms with Crippen molar-refractivity contribution in [1.29, 1.82) is 0 Å². The van der Waals surface area contributed by atoms with Crippen LogP contribution < -0.4 is 5.32 Å². The third-order valence-electron chi connectivity index (χ3n) is 2.76. The number of fused-ring (bicyclic) bond motifs is 1. The molecule has 1 aliphatic heterocycles. The van der Waals surface area contributed by atoms with Gasteiger partial charge in [-0.1, -0.05) is 0 Å². The summed E-state index contributed by atoms with van der Waals surface area (Å²) in [5, 5.41) is 16.1. The van der Waals surface area contributed by atoms with Crippen LogP contribution in [0, 0.1) is 0 Å². The molecule has 0 bridgehead atoms. The Labute approximate surface area is 93.9 Å². The lowest BCUT2D eigenvalue weighted by atomic mass is 10.3. The zero-order valence-corrected chi connectivity index (χ0v) is 9.31. The molecule has 1 aromatic heterocycles. The minimum absolute atomic E-state index is 0.00974. The highest BCUT2D eigenvalue weighted by molar-refractivity contribution is 5.76. The molecule has 6 heteroatoms. The molecule has 16 heavy (non-hydrogen) atoms. The van der Waals surface area contributed by atoms with Crippen LogP contribution in [0.15, 0.2) is 6.07 Å². The van der Waals surface area contributed by atoms with Crippen LogP contribution in [-0.2, 0) is 17.8 Å². The fraction of sp³-hybridized carbons (Fsp3) is 0.600. The van der Waals surface area contributed by atoms with Crippen LogP contribution in [0.2, 0.25) is 0 Å². The number of carbonyl (C=O) groups excluding carboxylic acids is 1. The van der Waals surface area contributed by atoms with Crippen molar-refractivity contribution in [3.8, 4) is 0 Å². The molecule has 0 aromatic carbocycles. The van der Waals surface area contributed by atoms with E-state index in [4.69, 9.17) is 5.11 Å². The summed E-state index contributed by atoms with van der Waals surface area (Å²) in [4.78, 5) is 13.5. The summed E-state index contributed by atoms with van der Waals surface area (Å²) in [6.45, 7) is 1.32. The normalized spacial score (nSPS) is 15.9. The monoisotopic (exact) mass is 224 g/mol. The molecule has 0 saturated heterocycles. The van der Waals surface area contributed by atoms with Gasteiger partial charge in [-0.2, -0.15) is 5.10 Å². The zero-order chi connectivity index (χ0) is 11.5. The lowest BCUT2D eigenvalue weighted by molar-refractivity contribution is -0.132. The Bertz CT molecular complexity index is 388. The van der Waals surface area contributed by atoms with E-state index in [1.165, 1.54) is 0 Å². The number of anilines is 1. The van der Waals surface area contributed by atoms with E-state index < -0.39 is 0 Å². The van der Waals surface area contributed by atoms with Gasteiger partial charge in [0.1, 0.15) is 12.4 Å². The highest BCUT2D eigenvalue weighted by Crippen LogP contribution is 2.13. The lowest BCUT2D eigenvalue weighted by Gasteiger charge is -2.18. The number of rotatable bonds is 3. The number of carbonyl (C=O) groups is 1. The molecule has 0 aliphatic carbocycles. The topological polar surface area (TPSA) is 70.4 Å². The second-order valence-corrected chi connectivity index (χ2v) is 3.78. The molecule has 1 aromatic rings. The molecule has 6 nitrogen and oxygen atoms in total. The molecule has 2 heterocycles. The third kappa shape index (κ3) is 2.01. The van der Waals surface area contributed by atoms with Crippen molar-refractivity contribution in [2.75, 3.05) is 32.1 Å². The summed E-state index contributed by atoms with van der Waals surface area (Å²) >= 11 is 0. The molecule has 1 aliphatic rings. The summed E-state index contributed by atoms with van der Waals surface area (Å²) in [5.41, 5.74) is 1.05. The molecule has 0 atom stereocenters. The summed E-state index contributed by atoms with van der Waals surface area (Å²) in [5.74, 6) is 0.803. The van der Waals surface area contributed by atoms with E-state index >= 15 is 0 Å². The van der Waals surface area contributed by atoms with E-state index in [2.05, 4.69) is 10.4 Å². The predicted octanol–water partition coefficient (Wildman–Crippen LogP) is -0.698. The summed E-state index contributed by atoms with van der Waals surface area (Å²) in [6, 6.07) is 1.95. The van der Waals surface area contributed by atoms with E-state index in [1.807, 2.05) is 13.1 Å². The molecule has 0 spiro atoms. The van der Waals surface area contributed by atoms with Gasteiger partial charge in [0, 0.05) is 38.3 Å². The van der Waals surface area contributed by atoms with E-state index in [1.54, 1.807) is 9.58 Å². The van der Waals surface area contributed by atoms with Gasteiger partial charge in [-0.3, -0.25) is 9.48 Å². The second kappa shape index (κ2) is 4.52. The van der Waals surface area contributed by atoms with Crippen molar-refractivity contribution in [2.24, 2.45) is 0 Å². The molecular formula is C10H16N4O2. The highest BCUT2D eigenvalue weighted by atomic mass is 16.3. The number of β-amino-alcohol motifs (C(OH)–C–C–N with tert-alkyl or cyclic N) is 1. The number of nitrogens with one attached hydrogen (secondary N) is 1. The Morgan fingerprint density at radius 1 is 1.62 bits per heavy atom. The van der Waals surface area contributed by atoms with Gasteiger partial charge < -0.3 is 15.3 Å². The largest absolute Gasteiger partial charge is 0.395 e. The summed E-state index contributed by atoms with van der Waals surface area (Å²) in [7, 11) is 1.81. The fourth-order valence-corrected chi connectivity index (χ4v) is 1.88. The molecular weight excluding hydrogens is 208 g/mol. The lowest BCUT2D eigenvalue weighted by Crippen LogP contribution is -2.35. The van der Waals surface area contributed by atoms with E-state index in [-0.39, 0.29) is 19.1 Å². The molecule has 2 N–H and O–H groups in total. The minimum atomic E-state index is 0.00974. The number of aromatic nitrogens is 2. The van der Waals surface area contributed by atoms with Crippen LogP contribution in [0.3, 0.4) is 0 Å². The number of aliphatic hydroxyl groups is 1. The Morgan fingerprint density at radius 3 is 3.12 bits per heavy atom. The predicted molar refractivity (Wildman–Crippen MR) is 59.1 cm³/mol. The third-order valence-corrected chi connectivity index (χ3v) is 2.76. The Morgan fingerprint density at radius 2 is 2.44 bits per heavy atom. The van der Waals surface area contributed by atoms with E-state index in [9.17, 15) is 4.79 Å². The first-order chi connectivity index (χ1) is 7.74. The van der Waals surface area contributed by atoms with Crippen molar-refractivity contribution in [2.45, 2.75) is 13.0 Å². The summed E-state index contributed by atoms with van der Waals surface area (Å²) in [6.07, 6.45) is 0.778. The smallest absolute Gasteiger partial charge is 0.244 e. The highest BCUT2D eigenvalue weighted by Gasteiger charge is 2.21. The van der Waals surface area contributed by atoms with Crippen LogP contribution >= 0.6 is 0 Å². The van der Waals surface area contributed by atoms with Gasteiger partial charge in [0.05, 0.1) is 6.61 Å². The van der Waals surface area contributed by atoms with Gasteiger partial charge >= 0.3 is 0 Å². The van der Waals surface area contributed by atoms with Crippen LogP contribution in [0.25, 0.3) is 0 Å². The van der Waals surface area contributed by atoms with Crippen LogP contribution in [0.1, 0.15) is 5.69 Å². The van der Waals surface area contributed by atoms with Crippen molar-refractivity contribution in [3.05, 3.63) is 11.8 Å². The van der Waals surface area contributed by atoms with Gasteiger partial charge in [0.25, 0.3) is 0 Å². The Hall–Kier alpha value is -1.56. The van der Waals surface area contributed by atoms with Crippen LogP contribution in [0.5, 0.6) is 0 Å². The van der Waals surface area contributed by atoms with Crippen LogP contribution in [-0.4, -0.2) is 52.4 Å². The van der Waals surface area contributed by atoms with Crippen molar-refractivity contribution in [1.82, 2.24) is 14.7 Å². The van der Waals surface area contributed by atoms with Gasteiger partial charge in [0.2, 0.25) is 5.91 Å². The summed E-state index contributed by atoms with van der Waals surface area (Å²) < 4.78 is 1.73. The Kier molecular flexibility index (Phi) is 3.09. The van der Waals surface area contributed by atoms with Crippen molar-refractivity contribution in [3.63, 3.8) is 0 Å². The molecule has 1 amide bonds. The van der Waals surface area contributed by atoms with Gasteiger partial charge in [-0.15, -0.1) is 0 Å². The maximum atomic E-state index is 11.8. The fourth-order valence-electron chi connectivity index (χ4n) is 1.88. The molecule has 0 saturated carbocycles. The van der Waals surface area contributed by atoms with Gasteiger partial charge in [0.15, 0.2) is 0 Å². The molecule has 88 valence electrons. The first-order valence-corrected chi connectivity index (χ1v) is 5.37. The van der Waals surface area contributed by atoms with Crippen LogP contribution in [0.4, 0.5) is 5.82 Å².